The van der Waals surface area contributed by atoms with Crippen molar-refractivity contribution in [3.05, 3.63) is 24.3 Å². The quantitative estimate of drug-likeness (QED) is 0.638. The zero-order chi connectivity index (χ0) is 15.0. The van der Waals surface area contributed by atoms with E-state index in [9.17, 15) is 9.59 Å². The first-order valence-corrected chi connectivity index (χ1v) is 7.69. The van der Waals surface area contributed by atoms with Crippen LogP contribution in [-0.2, 0) is 9.59 Å². The lowest BCUT2D eigenvalue weighted by Crippen LogP contribution is -2.41. The van der Waals surface area contributed by atoms with Crippen molar-refractivity contribution in [2.75, 3.05) is 18.1 Å². The Hall–Kier alpha value is -1.24. The number of benzene rings is 1. The number of aliphatic carboxylic acids is 1. The van der Waals surface area contributed by atoms with E-state index in [1.807, 2.05) is 31.4 Å². The van der Waals surface area contributed by atoms with E-state index in [0.717, 1.165) is 11.3 Å². The minimum Gasteiger partial charge on any atom is -0.480 e. The van der Waals surface area contributed by atoms with E-state index in [1.165, 1.54) is 0 Å². The van der Waals surface area contributed by atoms with Crippen molar-refractivity contribution in [1.82, 2.24) is 5.32 Å². The number of carboxylic acids is 1. The van der Waals surface area contributed by atoms with Crippen LogP contribution < -0.4 is 10.6 Å². The zero-order valence-corrected chi connectivity index (χ0v) is 13.7. The van der Waals surface area contributed by atoms with Crippen LogP contribution in [0.15, 0.2) is 29.2 Å². The van der Waals surface area contributed by atoms with Gasteiger partial charge in [0.15, 0.2) is 0 Å². The monoisotopic (exact) mass is 332 g/mol. The fourth-order valence-electron chi connectivity index (χ4n) is 1.72. The van der Waals surface area contributed by atoms with Gasteiger partial charge in [0.2, 0.25) is 5.91 Å². The van der Waals surface area contributed by atoms with Gasteiger partial charge in [0, 0.05) is 10.6 Å². The number of hydrogen-bond acceptors (Lipinski definition) is 4. The molecule has 0 fully saturated rings. The van der Waals surface area contributed by atoms with Crippen molar-refractivity contribution in [3.8, 4) is 0 Å². The molecule has 0 spiro atoms. The molecule has 0 aliphatic rings. The van der Waals surface area contributed by atoms with Crippen molar-refractivity contribution in [1.29, 1.82) is 0 Å². The Morgan fingerprint density at radius 1 is 1.38 bits per heavy atom. The van der Waals surface area contributed by atoms with Gasteiger partial charge in [-0.15, -0.1) is 24.2 Å². The maximum atomic E-state index is 11.8. The average Bonchev–Trinajstić information content (AvgIpc) is 2.43. The lowest BCUT2D eigenvalue weighted by molar-refractivity contribution is -0.139. The number of halogens is 1. The molecule has 1 aromatic carbocycles. The fourth-order valence-corrected chi connectivity index (χ4v) is 2.18. The van der Waals surface area contributed by atoms with Gasteiger partial charge in [0.25, 0.3) is 0 Å². The number of nitrogens with one attached hydrogen (secondary N) is 2. The molecule has 0 heterocycles. The first-order chi connectivity index (χ1) is 9.56. The summed E-state index contributed by atoms with van der Waals surface area (Å²) in [7, 11) is 0. The fraction of sp³-hybridized carbons (Fsp3) is 0.429. The van der Waals surface area contributed by atoms with Crippen LogP contribution in [0.3, 0.4) is 0 Å². The largest absolute Gasteiger partial charge is 0.480 e. The van der Waals surface area contributed by atoms with Crippen LogP contribution in [0.5, 0.6) is 0 Å². The highest BCUT2D eigenvalue weighted by Crippen LogP contribution is 2.18. The molecular formula is C14H21ClN2O3S. The Labute approximate surface area is 135 Å². The van der Waals surface area contributed by atoms with Crippen LogP contribution in [0, 0.1) is 0 Å². The number of carbonyl (C=O) groups is 2. The Morgan fingerprint density at radius 2 is 2.10 bits per heavy atom. The van der Waals surface area contributed by atoms with Crippen LogP contribution in [-0.4, -0.2) is 35.8 Å². The highest BCUT2D eigenvalue weighted by Gasteiger charge is 2.16. The molecule has 0 radical (unpaired) electrons. The Morgan fingerprint density at radius 3 is 2.67 bits per heavy atom. The van der Waals surface area contributed by atoms with Gasteiger partial charge >= 0.3 is 5.97 Å². The van der Waals surface area contributed by atoms with E-state index < -0.39 is 12.0 Å². The van der Waals surface area contributed by atoms with Crippen molar-refractivity contribution in [2.24, 2.45) is 0 Å². The molecule has 7 heteroatoms. The van der Waals surface area contributed by atoms with Gasteiger partial charge < -0.3 is 10.4 Å². The summed E-state index contributed by atoms with van der Waals surface area (Å²) in [6.45, 7) is 1.89. The van der Waals surface area contributed by atoms with E-state index >= 15 is 0 Å². The maximum Gasteiger partial charge on any atom is 0.320 e. The predicted molar refractivity (Wildman–Crippen MR) is 88.4 cm³/mol. The minimum atomic E-state index is -0.927. The summed E-state index contributed by atoms with van der Waals surface area (Å²) in [5.74, 6) is -1.17. The zero-order valence-electron chi connectivity index (χ0n) is 12.1. The molecule has 3 N–H and O–H groups in total. The number of thioether (sulfide) groups is 1. The standard InChI is InChI=1S/C14H20N2O3S.ClH/c1-3-5-12(14(18)19)15-9-13(17)16-10-6-4-7-11(8-10)20-2;/h4,6-8,12,15H,3,5,9H2,1-2H3,(H,16,17)(H,18,19);1H. The molecule has 5 nitrogen and oxygen atoms in total. The molecule has 21 heavy (non-hydrogen) atoms. The molecular weight excluding hydrogens is 312 g/mol. The second-order valence-corrected chi connectivity index (χ2v) is 5.22. The van der Waals surface area contributed by atoms with Gasteiger partial charge in [-0.3, -0.25) is 14.9 Å². The summed E-state index contributed by atoms with van der Waals surface area (Å²) in [5, 5.41) is 14.5. The molecule has 0 saturated heterocycles. The van der Waals surface area contributed by atoms with Crippen LogP contribution in [0.2, 0.25) is 0 Å². The van der Waals surface area contributed by atoms with Crippen molar-refractivity contribution in [3.63, 3.8) is 0 Å². The lowest BCUT2D eigenvalue weighted by atomic mass is 10.2. The summed E-state index contributed by atoms with van der Waals surface area (Å²) in [6.07, 6.45) is 3.22. The SMILES string of the molecule is CCCC(NCC(=O)Nc1cccc(SC)c1)C(=O)O.Cl. The van der Waals surface area contributed by atoms with Crippen molar-refractivity contribution in [2.45, 2.75) is 30.7 Å². The van der Waals surface area contributed by atoms with Gasteiger partial charge in [0.1, 0.15) is 6.04 Å². The minimum absolute atomic E-state index is 0. The van der Waals surface area contributed by atoms with Crippen LogP contribution in [0.1, 0.15) is 19.8 Å². The number of carbonyl (C=O) groups excluding carboxylic acids is 1. The normalized spacial score (nSPS) is 11.3. The van der Waals surface area contributed by atoms with Crippen molar-refractivity contribution < 1.29 is 14.7 Å². The third-order valence-corrected chi connectivity index (χ3v) is 3.46. The Bertz CT molecular complexity index is 471. The van der Waals surface area contributed by atoms with Gasteiger partial charge in [-0.25, -0.2) is 0 Å². The topological polar surface area (TPSA) is 78.4 Å². The summed E-state index contributed by atoms with van der Waals surface area (Å²) in [6, 6.07) is 6.83. The van der Waals surface area contributed by atoms with Crippen LogP contribution >= 0.6 is 24.2 Å². The summed E-state index contributed by atoms with van der Waals surface area (Å²) in [4.78, 5) is 23.8. The van der Waals surface area contributed by atoms with E-state index in [2.05, 4.69) is 10.6 Å². The molecule has 0 saturated carbocycles. The Balaban J connectivity index is 0.00000400. The molecule has 1 rings (SSSR count). The highest BCUT2D eigenvalue weighted by molar-refractivity contribution is 7.98. The number of rotatable bonds is 8. The van der Waals surface area contributed by atoms with Crippen LogP contribution in [0.4, 0.5) is 5.69 Å². The molecule has 0 aliphatic heterocycles. The third kappa shape index (κ3) is 7.36. The molecule has 0 bridgehead atoms. The van der Waals surface area contributed by atoms with E-state index in [0.29, 0.717) is 12.1 Å². The van der Waals surface area contributed by atoms with E-state index in [-0.39, 0.29) is 24.9 Å². The summed E-state index contributed by atoms with van der Waals surface area (Å²) >= 11 is 1.59. The van der Waals surface area contributed by atoms with Crippen LogP contribution in [0.25, 0.3) is 0 Å². The molecule has 1 aromatic rings. The average molecular weight is 333 g/mol. The van der Waals surface area contributed by atoms with Gasteiger partial charge in [0.05, 0.1) is 6.54 Å². The van der Waals surface area contributed by atoms with Gasteiger partial charge in [-0.1, -0.05) is 19.4 Å². The van der Waals surface area contributed by atoms with E-state index in [4.69, 9.17) is 5.11 Å². The lowest BCUT2D eigenvalue weighted by Gasteiger charge is -2.13. The van der Waals surface area contributed by atoms with E-state index in [1.54, 1.807) is 17.8 Å². The smallest absolute Gasteiger partial charge is 0.320 e. The molecule has 118 valence electrons. The number of amides is 1. The van der Waals surface area contributed by atoms with Gasteiger partial charge in [-0.2, -0.15) is 0 Å². The Kier molecular flexibility index (Phi) is 9.86. The molecule has 1 unspecified atom stereocenters. The number of hydrogen-bond donors (Lipinski definition) is 3. The molecule has 0 aliphatic carbocycles. The predicted octanol–water partition coefficient (Wildman–Crippen LogP) is 2.61. The molecule has 1 amide bonds. The highest BCUT2D eigenvalue weighted by atomic mass is 35.5. The molecule has 1 atom stereocenters. The summed E-state index contributed by atoms with van der Waals surface area (Å²) < 4.78 is 0. The first-order valence-electron chi connectivity index (χ1n) is 6.47. The van der Waals surface area contributed by atoms with Gasteiger partial charge in [-0.05, 0) is 30.9 Å². The molecule has 0 aromatic heterocycles. The first kappa shape index (κ1) is 19.8. The second kappa shape index (κ2) is 10.5. The third-order valence-electron chi connectivity index (χ3n) is 2.74. The second-order valence-electron chi connectivity index (χ2n) is 4.34. The summed E-state index contributed by atoms with van der Waals surface area (Å²) in [5.41, 5.74) is 0.714. The maximum absolute atomic E-state index is 11.8. The number of anilines is 1. The van der Waals surface area contributed by atoms with Crippen molar-refractivity contribution >= 4 is 41.7 Å². The number of carboxylic acid groups (broad SMARTS) is 1.